The SMILES string of the molecule is O=S(=O)([O-])CCNCCc1ccsc1.[NH4+]. The number of quaternary nitrogens is 1. The average Bonchev–Trinajstić information content (AvgIpc) is 2.54. The predicted molar refractivity (Wildman–Crippen MR) is 61.4 cm³/mol. The molecule has 88 valence electrons. The van der Waals surface area contributed by atoms with Gasteiger partial charge < -0.3 is 16.0 Å². The molecule has 15 heavy (non-hydrogen) atoms. The first-order chi connectivity index (χ1) is 6.58. The lowest BCUT2D eigenvalue weighted by molar-refractivity contribution is 0.461. The maximum absolute atomic E-state index is 10.2. The molecule has 1 aromatic heterocycles. The second-order valence-corrected chi connectivity index (χ2v) is 5.20. The van der Waals surface area contributed by atoms with Gasteiger partial charge in [0.1, 0.15) is 0 Å². The van der Waals surface area contributed by atoms with Crippen LogP contribution in [0.5, 0.6) is 0 Å². The van der Waals surface area contributed by atoms with E-state index in [1.54, 1.807) is 11.3 Å². The van der Waals surface area contributed by atoms with Crippen LogP contribution in [0.2, 0.25) is 0 Å². The van der Waals surface area contributed by atoms with Crippen molar-refractivity contribution in [2.45, 2.75) is 6.42 Å². The van der Waals surface area contributed by atoms with Gasteiger partial charge in [-0.15, -0.1) is 0 Å². The van der Waals surface area contributed by atoms with Crippen LogP contribution in [0.3, 0.4) is 0 Å². The number of hydrogen-bond acceptors (Lipinski definition) is 5. The van der Waals surface area contributed by atoms with E-state index in [0.717, 1.165) is 6.42 Å². The van der Waals surface area contributed by atoms with Crippen molar-refractivity contribution in [3.05, 3.63) is 22.4 Å². The topological polar surface area (TPSA) is 106 Å². The number of rotatable bonds is 6. The van der Waals surface area contributed by atoms with Crippen LogP contribution in [0, 0.1) is 0 Å². The standard InChI is InChI=1S/C8H13NO3S2.H3N/c10-14(11,12)6-4-9-3-1-8-2-5-13-7-8;/h2,5,7,9H,1,3-4,6H2,(H,10,11,12);1H3. The Bertz CT molecular complexity index is 348. The van der Waals surface area contributed by atoms with Crippen LogP contribution in [0.1, 0.15) is 5.56 Å². The van der Waals surface area contributed by atoms with Crippen molar-refractivity contribution < 1.29 is 13.0 Å². The highest BCUT2D eigenvalue weighted by Crippen LogP contribution is 2.05. The van der Waals surface area contributed by atoms with Crippen molar-refractivity contribution in [3.63, 3.8) is 0 Å². The molecule has 1 heterocycles. The van der Waals surface area contributed by atoms with Crippen LogP contribution in [0.25, 0.3) is 0 Å². The monoisotopic (exact) mass is 252 g/mol. The summed E-state index contributed by atoms with van der Waals surface area (Å²) in [6.07, 6.45) is 0.863. The van der Waals surface area contributed by atoms with E-state index in [1.165, 1.54) is 5.56 Å². The van der Waals surface area contributed by atoms with Gasteiger partial charge in [0.25, 0.3) is 0 Å². The van der Waals surface area contributed by atoms with Crippen molar-refractivity contribution in [2.24, 2.45) is 0 Å². The molecule has 0 aliphatic heterocycles. The van der Waals surface area contributed by atoms with Crippen LogP contribution < -0.4 is 11.5 Å². The molecule has 0 saturated carbocycles. The number of hydrogen-bond donors (Lipinski definition) is 2. The van der Waals surface area contributed by atoms with Gasteiger partial charge in [0, 0.05) is 6.54 Å². The largest absolute Gasteiger partial charge is 0.748 e. The van der Waals surface area contributed by atoms with E-state index in [9.17, 15) is 13.0 Å². The molecular weight excluding hydrogens is 236 g/mol. The highest BCUT2D eigenvalue weighted by Gasteiger charge is 1.95. The van der Waals surface area contributed by atoms with Crippen LogP contribution >= 0.6 is 11.3 Å². The van der Waals surface area contributed by atoms with Crippen LogP contribution in [0.15, 0.2) is 16.8 Å². The van der Waals surface area contributed by atoms with Crippen LogP contribution in [0.4, 0.5) is 0 Å². The maximum Gasteiger partial charge on any atom is 0.0958 e. The highest BCUT2D eigenvalue weighted by molar-refractivity contribution is 7.85. The molecule has 0 atom stereocenters. The van der Waals surface area contributed by atoms with E-state index in [2.05, 4.69) is 5.32 Å². The zero-order chi connectivity index (χ0) is 10.4. The fraction of sp³-hybridized carbons (Fsp3) is 0.500. The smallest absolute Gasteiger partial charge is 0.0958 e. The maximum atomic E-state index is 10.2. The molecule has 0 bridgehead atoms. The molecule has 0 spiro atoms. The summed E-state index contributed by atoms with van der Waals surface area (Å²) in [7, 11) is -4.07. The minimum Gasteiger partial charge on any atom is -0.748 e. The lowest BCUT2D eigenvalue weighted by Crippen LogP contribution is -2.24. The Morgan fingerprint density at radius 3 is 2.67 bits per heavy atom. The third kappa shape index (κ3) is 7.46. The Balaban J connectivity index is 0.00000196. The first kappa shape index (κ1) is 14.5. The van der Waals surface area contributed by atoms with Crippen molar-refractivity contribution in [3.8, 4) is 0 Å². The molecule has 0 unspecified atom stereocenters. The summed E-state index contributed by atoms with van der Waals surface area (Å²) in [4.78, 5) is 0. The normalized spacial score (nSPS) is 11.0. The van der Waals surface area contributed by atoms with Crippen molar-refractivity contribution >= 4 is 21.5 Å². The third-order valence-corrected chi connectivity index (χ3v) is 3.14. The molecule has 1 aromatic rings. The molecule has 5 N–H and O–H groups in total. The van der Waals surface area contributed by atoms with Gasteiger partial charge in [-0.05, 0) is 35.4 Å². The molecule has 7 heteroatoms. The third-order valence-electron chi connectivity index (χ3n) is 1.70. The zero-order valence-electron chi connectivity index (χ0n) is 8.60. The lowest BCUT2D eigenvalue weighted by Gasteiger charge is -2.07. The van der Waals surface area contributed by atoms with Crippen LogP contribution in [-0.2, 0) is 16.5 Å². The van der Waals surface area contributed by atoms with Crippen molar-refractivity contribution in [2.75, 3.05) is 18.8 Å². The molecule has 0 saturated heterocycles. The van der Waals surface area contributed by atoms with E-state index in [4.69, 9.17) is 0 Å². The molecule has 0 aliphatic carbocycles. The Morgan fingerprint density at radius 1 is 1.40 bits per heavy atom. The fourth-order valence-electron chi connectivity index (χ4n) is 0.990. The second-order valence-electron chi connectivity index (χ2n) is 2.89. The van der Waals surface area contributed by atoms with Gasteiger partial charge in [0.15, 0.2) is 0 Å². The van der Waals surface area contributed by atoms with Crippen molar-refractivity contribution in [1.29, 1.82) is 0 Å². The van der Waals surface area contributed by atoms with Crippen LogP contribution in [-0.4, -0.2) is 31.8 Å². The van der Waals surface area contributed by atoms with Crippen molar-refractivity contribution in [1.82, 2.24) is 11.5 Å². The van der Waals surface area contributed by atoms with Gasteiger partial charge in [0.2, 0.25) is 0 Å². The molecule has 0 fully saturated rings. The van der Waals surface area contributed by atoms with E-state index in [1.807, 2.05) is 16.8 Å². The lowest BCUT2D eigenvalue weighted by atomic mass is 10.2. The molecule has 0 radical (unpaired) electrons. The number of nitrogens with one attached hydrogen (secondary N) is 1. The Morgan fingerprint density at radius 2 is 2.13 bits per heavy atom. The van der Waals surface area contributed by atoms with Gasteiger partial charge in [-0.1, -0.05) is 0 Å². The summed E-state index contributed by atoms with van der Waals surface area (Å²) in [6.45, 7) is 0.933. The summed E-state index contributed by atoms with van der Waals surface area (Å²) < 4.78 is 30.7. The molecular formula is C8H16N2O3S2. The minimum atomic E-state index is -4.07. The molecule has 1 rings (SSSR count). The predicted octanol–water partition coefficient (Wildman–Crippen LogP) is 0.802. The Hall–Kier alpha value is -0.470. The number of thiophene rings is 1. The Labute approximate surface area is 93.8 Å². The summed E-state index contributed by atoms with van der Waals surface area (Å²) in [5, 5.41) is 6.95. The van der Waals surface area contributed by atoms with E-state index in [-0.39, 0.29) is 18.4 Å². The molecule has 0 aromatic carbocycles. The van der Waals surface area contributed by atoms with Gasteiger partial charge in [-0.2, -0.15) is 11.3 Å². The summed E-state index contributed by atoms with van der Waals surface area (Å²) in [5.74, 6) is -0.337. The second kappa shape index (κ2) is 6.91. The summed E-state index contributed by atoms with van der Waals surface area (Å²) in [6, 6.07) is 2.02. The highest BCUT2D eigenvalue weighted by atomic mass is 32.2. The fourth-order valence-corrected chi connectivity index (χ4v) is 2.09. The zero-order valence-corrected chi connectivity index (χ0v) is 10.2. The average molecular weight is 252 g/mol. The first-order valence-electron chi connectivity index (χ1n) is 4.23. The molecule has 0 aliphatic rings. The van der Waals surface area contributed by atoms with Gasteiger partial charge in [-0.3, -0.25) is 0 Å². The van der Waals surface area contributed by atoms with E-state index in [0.29, 0.717) is 6.54 Å². The van der Waals surface area contributed by atoms with E-state index < -0.39 is 10.1 Å². The summed E-state index contributed by atoms with van der Waals surface area (Å²) >= 11 is 1.63. The minimum absolute atomic E-state index is 0. The Kier molecular flexibility index (Phi) is 6.70. The first-order valence-corrected chi connectivity index (χ1v) is 6.75. The summed E-state index contributed by atoms with van der Waals surface area (Å²) in [5.41, 5.74) is 1.23. The van der Waals surface area contributed by atoms with Gasteiger partial charge >= 0.3 is 0 Å². The molecule has 0 amide bonds. The molecule has 5 nitrogen and oxygen atoms in total. The quantitative estimate of drug-likeness (QED) is 0.577. The van der Waals surface area contributed by atoms with E-state index >= 15 is 0 Å². The van der Waals surface area contributed by atoms with Gasteiger partial charge in [-0.25, -0.2) is 8.42 Å². The van der Waals surface area contributed by atoms with Gasteiger partial charge in [0.05, 0.1) is 15.9 Å².